The monoisotopic (exact) mass is 360 g/mol. The van der Waals surface area contributed by atoms with Crippen LogP contribution >= 0.6 is 0 Å². The number of Topliss-reactive ketones (excluding diaryl/α,β-unsaturated/α-hetero) is 1. The van der Waals surface area contributed by atoms with Gasteiger partial charge in [-0.25, -0.2) is 0 Å². The van der Waals surface area contributed by atoms with Crippen LogP contribution in [0.1, 0.15) is 35.2 Å². The molecule has 0 radical (unpaired) electrons. The van der Waals surface area contributed by atoms with Gasteiger partial charge in [0.25, 0.3) is 0 Å². The summed E-state index contributed by atoms with van der Waals surface area (Å²) in [6, 6.07) is 17.6. The van der Waals surface area contributed by atoms with Gasteiger partial charge < -0.3 is 14.5 Å². The van der Waals surface area contributed by atoms with Gasteiger partial charge in [-0.15, -0.1) is 0 Å². The molecule has 0 unspecified atom stereocenters. The maximum absolute atomic E-state index is 12.8. The van der Waals surface area contributed by atoms with Crippen molar-refractivity contribution in [2.24, 2.45) is 0 Å². The number of methoxy groups -OCH3 is 1. The van der Waals surface area contributed by atoms with Gasteiger partial charge in [-0.1, -0.05) is 30.3 Å². The summed E-state index contributed by atoms with van der Waals surface area (Å²) in [6.45, 7) is 1.33. The third-order valence-corrected chi connectivity index (χ3v) is 5.10. The Kier molecular flexibility index (Phi) is 4.97. The second-order valence-corrected chi connectivity index (χ2v) is 6.87. The molecule has 138 valence electrons. The summed E-state index contributed by atoms with van der Waals surface area (Å²) < 4.78 is 5.28. The van der Waals surface area contributed by atoms with E-state index in [1.165, 1.54) is 6.42 Å². The molecule has 0 aromatic heterocycles. The lowest BCUT2D eigenvalue weighted by atomic mass is 10.1. The Hall–Kier alpha value is -3.01. The number of carbonyl (C=O) groups is 1. The van der Waals surface area contributed by atoms with E-state index in [9.17, 15) is 4.79 Å². The zero-order chi connectivity index (χ0) is 18.6. The van der Waals surface area contributed by atoms with Gasteiger partial charge in [0.15, 0.2) is 5.78 Å². The van der Waals surface area contributed by atoms with Crippen molar-refractivity contribution in [1.82, 2.24) is 9.80 Å². The fourth-order valence-corrected chi connectivity index (χ4v) is 3.66. The molecule has 0 saturated carbocycles. The van der Waals surface area contributed by atoms with Crippen molar-refractivity contribution in [3.63, 3.8) is 0 Å². The average molecular weight is 360 g/mol. The van der Waals surface area contributed by atoms with Crippen LogP contribution in [-0.4, -0.2) is 35.8 Å². The van der Waals surface area contributed by atoms with Gasteiger partial charge in [0.2, 0.25) is 0 Å². The predicted octanol–water partition coefficient (Wildman–Crippen LogP) is 4.52. The second-order valence-electron chi connectivity index (χ2n) is 6.87. The maximum Gasteiger partial charge on any atom is 0.182 e. The van der Waals surface area contributed by atoms with Crippen molar-refractivity contribution < 1.29 is 9.53 Å². The third kappa shape index (κ3) is 3.61. The van der Waals surface area contributed by atoms with Gasteiger partial charge in [-0.3, -0.25) is 4.79 Å². The van der Waals surface area contributed by atoms with E-state index in [2.05, 4.69) is 34.2 Å². The first kappa shape index (κ1) is 17.4. The fraction of sp³-hybridized carbons (Fsp3) is 0.261. The van der Waals surface area contributed by atoms with Gasteiger partial charge in [-0.2, -0.15) is 0 Å². The van der Waals surface area contributed by atoms with Crippen molar-refractivity contribution >= 4 is 11.5 Å². The van der Waals surface area contributed by atoms with Crippen LogP contribution in [-0.2, 0) is 0 Å². The molecule has 0 atom stereocenters. The molecular weight excluding hydrogens is 336 g/mol. The van der Waals surface area contributed by atoms with Crippen molar-refractivity contribution in [2.45, 2.75) is 19.3 Å². The van der Waals surface area contributed by atoms with E-state index in [0.717, 1.165) is 47.8 Å². The van der Waals surface area contributed by atoms with Gasteiger partial charge in [0.1, 0.15) is 11.6 Å². The van der Waals surface area contributed by atoms with Gasteiger partial charge in [-0.05, 0) is 55.2 Å². The molecule has 4 heteroatoms. The lowest BCUT2D eigenvalue weighted by Crippen LogP contribution is -2.28. The summed E-state index contributed by atoms with van der Waals surface area (Å²) >= 11 is 0. The number of rotatable bonds is 5. The molecule has 2 heterocycles. The molecular formula is C23H24N2O2. The lowest BCUT2D eigenvalue weighted by molar-refractivity contribution is 0.0962. The minimum absolute atomic E-state index is 0.132. The number of fused-ring (bicyclic) bond motifs is 1. The largest absolute Gasteiger partial charge is 0.497 e. The summed E-state index contributed by atoms with van der Waals surface area (Å²) in [7, 11) is 1.68. The number of carbonyl (C=O) groups excluding carboxylic acids is 1. The Labute approximate surface area is 160 Å². The standard InChI is InChI=1S/C23H24N2O2/c1-27-20-13-11-18(12-14-20)21-16-24(23-10-6-3-7-15-25(21)23)17-22(26)19-8-4-2-5-9-19/h2,4-5,8-14,16H,3,6-7,15,17H2,1H3. The lowest BCUT2D eigenvalue weighted by Gasteiger charge is -2.26. The number of nitrogens with zero attached hydrogens (tertiary/aromatic N) is 2. The van der Waals surface area contributed by atoms with Crippen LogP contribution in [0.15, 0.2) is 72.7 Å². The molecule has 2 aliphatic rings. The molecule has 0 N–H and O–H groups in total. The fourth-order valence-electron chi connectivity index (χ4n) is 3.66. The van der Waals surface area contributed by atoms with Crippen LogP contribution in [0.4, 0.5) is 0 Å². The van der Waals surface area contributed by atoms with Crippen LogP contribution < -0.4 is 4.74 Å². The molecule has 2 aromatic carbocycles. The molecule has 27 heavy (non-hydrogen) atoms. The average Bonchev–Trinajstić information content (AvgIpc) is 2.89. The van der Waals surface area contributed by atoms with Crippen LogP contribution in [0.2, 0.25) is 0 Å². The quantitative estimate of drug-likeness (QED) is 0.734. The highest BCUT2D eigenvalue weighted by Crippen LogP contribution is 2.35. The van der Waals surface area contributed by atoms with Crippen LogP contribution in [0.3, 0.4) is 0 Å². The summed E-state index contributed by atoms with van der Waals surface area (Å²) in [5.41, 5.74) is 3.04. The minimum Gasteiger partial charge on any atom is -0.497 e. The SMILES string of the molecule is COc1ccc(C2=CN(CC(=O)c3ccccc3)C3=CCCCCN23)cc1. The summed E-state index contributed by atoms with van der Waals surface area (Å²) in [5.74, 6) is 2.11. The molecule has 0 saturated heterocycles. The minimum atomic E-state index is 0.132. The van der Waals surface area contributed by atoms with E-state index >= 15 is 0 Å². The van der Waals surface area contributed by atoms with E-state index in [1.807, 2.05) is 42.5 Å². The van der Waals surface area contributed by atoms with E-state index in [4.69, 9.17) is 4.74 Å². The highest BCUT2D eigenvalue weighted by Gasteiger charge is 2.29. The normalized spacial score (nSPS) is 16.3. The summed E-state index contributed by atoms with van der Waals surface area (Å²) in [5, 5.41) is 0. The summed E-state index contributed by atoms with van der Waals surface area (Å²) in [4.78, 5) is 17.2. The van der Waals surface area contributed by atoms with Crippen molar-refractivity contribution in [3.05, 3.63) is 83.8 Å². The van der Waals surface area contributed by atoms with E-state index in [-0.39, 0.29) is 5.78 Å². The molecule has 0 aliphatic carbocycles. The maximum atomic E-state index is 12.8. The Balaban J connectivity index is 1.63. The number of ketones is 1. The van der Waals surface area contributed by atoms with Crippen molar-refractivity contribution in [3.8, 4) is 5.75 Å². The first-order valence-electron chi connectivity index (χ1n) is 9.45. The zero-order valence-corrected chi connectivity index (χ0v) is 15.6. The Morgan fingerprint density at radius 3 is 2.56 bits per heavy atom. The third-order valence-electron chi connectivity index (χ3n) is 5.10. The number of allylic oxidation sites excluding steroid dienone is 1. The molecule has 2 aliphatic heterocycles. The van der Waals surface area contributed by atoms with Gasteiger partial charge in [0.05, 0.1) is 19.4 Å². The number of benzene rings is 2. The predicted molar refractivity (Wildman–Crippen MR) is 107 cm³/mol. The molecule has 0 bridgehead atoms. The van der Waals surface area contributed by atoms with Gasteiger partial charge in [0, 0.05) is 18.3 Å². The van der Waals surface area contributed by atoms with E-state index in [0.29, 0.717) is 6.54 Å². The van der Waals surface area contributed by atoms with Crippen molar-refractivity contribution in [1.29, 1.82) is 0 Å². The number of ether oxygens (including phenoxy) is 1. The second kappa shape index (κ2) is 7.70. The zero-order valence-electron chi connectivity index (χ0n) is 15.6. The van der Waals surface area contributed by atoms with E-state index < -0.39 is 0 Å². The first-order chi connectivity index (χ1) is 13.3. The smallest absolute Gasteiger partial charge is 0.182 e. The highest BCUT2D eigenvalue weighted by atomic mass is 16.5. The topological polar surface area (TPSA) is 32.8 Å². The highest BCUT2D eigenvalue weighted by molar-refractivity contribution is 5.98. The molecule has 4 rings (SSSR count). The Morgan fingerprint density at radius 1 is 1.04 bits per heavy atom. The van der Waals surface area contributed by atoms with Gasteiger partial charge >= 0.3 is 0 Å². The first-order valence-corrected chi connectivity index (χ1v) is 9.45. The Bertz CT molecular complexity index is 869. The summed E-state index contributed by atoms with van der Waals surface area (Å²) in [6.07, 6.45) is 7.74. The molecule has 0 amide bonds. The Morgan fingerprint density at radius 2 is 1.81 bits per heavy atom. The molecule has 0 fully saturated rings. The molecule has 0 spiro atoms. The number of hydrogen-bond donors (Lipinski definition) is 0. The molecule has 4 nitrogen and oxygen atoms in total. The van der Waals surface area contributed by atoms with Crippen LogP contribution in [0.25, 0.3) is 5.70 Å². The molecule has 2 aromatic rings. The van der Waals surface area contributed by atoms with Crippen molar-refractivity contribution in [2.75, 3.05) is 20.2 Å². The van der Waals surface area contributed by atoms with Crippen LogP contribution in [0.5, 0.6) is 5.75 Å². The van der Waals surface area contributed by atoms with E-state index in [1.54, 1.807) is 7.11 Å². The number of hydrogen-bond acceptors (Lipinski definition) is 4. The van der Waals surface area contributed by atoms with Crippen LogP contribution in [0, 0.1) is 0 Å².